The van der Waals surface area contributed by atoms with E-state index in [2.05, 4.69) is 11.3 Å². The molecular weight excluding hydrogens is 176 g/mol. The Kier molecular flexibility index (Phi) is 4.15. The van der Waals surface area contributed by atoms with E-state index in [0.717, 1.165) is 12.2 Å². The number of carboxylic acids is 1. The van der Waals surface area contributed by atoms with Crippen LogP contribution in [0.25, 0.3) is 0 Å². The van der Waals surface area contributed by atoms with E-state index in [1.165, 1.54) is 6.92 Å². The maximum Gasteiger partial charge on any atom is 0.338 e. The highest BCUT2D eigenvalue weighted by molar-refractivity contribution is 6.04. The van der Waals surface area contributed by atoms with E-state index in [-0.39, 0.29) is 5.57 Å². The summed E-state index contributed by atoms with van der Waals surface area (Å²) in [6.07, 6.45) is 2.17. The number of hydrogen-bond donors (Lipinski definition) is 1. The SMILES string of the molecule is C=C(C)C(=O)O.O=C1C=CC(=O)O1. The molecule has 0 amide bonds. The molecule has 70 valence electrons. The number of aliphatic carboxylic acids is 1. The smallest absolute Gasteiger partial charge is 0.338 e. The third kappa shape index (κ3) is 5.37. The summed E-state index contributed by atoms with van der Waals surface area (Å²) in [6, 6.07) is 0. The Morgan fingerprint density at radius 2 is 1.69 bits per heavy atom. The molecule has 0 saturated heterocycles. The van der Waals surface area contributed by atoms with Crippen LogP contribution in [0.3, 0.4) is 0 Å². The third-order valence-corrected chi connectivity index (χ3v) is 0.922. The molecule has 0 atom stereocenters. The van der Waals surface area contributed by atoms with Gasteiger partial charge in [-0.3, -0.25) is 0 Å². The number of carbonyl (C=O) groups is 3. The summed E-state index contributed by atoms with van der Waals surface area (Å²) < 4.78 is 3.97. The molecule has 1 heterocycles. The Morgan fingerprint density at radius 3 is 1.77 bits per heavy atom. The van der Waals surface area contributed by atoms with Crippen LogP contribution in [-0.2, 0) is 19.1 Å². The largest absolute Gasteiger partial charge is 0.478 e. The van der Waals surface area contributed by atoms with Gasteiger partial charge in [-0.15, -0.1) is 0 Å². The molecule has 1 aliphatic rings. The zero-order valence-corrected chi connectivity index (χ0v) is 6.94. The van der Waals surface area contributed by atoms with Crippen LogP contribution < -0.4 is 0 Å². The normalized spacial score (nSPS) is 13.0. The van der Waals surface area contributed by atoms with E-state index in [1.54, 1.807) is 0 Å². The van der Waals surface area contributed by atoms with Crippen LogP contribution in [0.2, 0.25) is 0 Å². The van der Waals surface area contributed by atoms with Crippen LogP contribution in [0.1, 0.15) is 6.92 Å². The Labute approximate surface area is 74.3 Å². The van der Waals surface area contributed by atoms with Crippen molar-refractivity contribution in [2.24, 2.45) is 0 Å². The fourth-order valence-corrected chi connectivity index (χ4v) is 0.303. The van der Waals surface area contributed by atoms with E-state index in [9.17, 15) is 14.4 Å². The van der Waals surface area contributed by atoms with Crippen LogP contribution in [0.15, 0.2) is 24.3 Å². The fraction of sp³-hybridized carbons (Fsp3) is 0.125. The molecule has 0 unspecified atom stereocenters. The summed E-state index contributed by atoms with van der Waals surface area (Å²) in [5.41, 5.74) is 0.176. The number of rotatable bonds is 1. The van der Waals surface area contributed by atoms with E-state index in [4.69, 9.17) is 5.11 Å². The Morgan fingerprint density at radius 1 is 1.38 bits per heavy atom. The number of cyclic esters (lactones) is 2. The van der Waals surface area contributed by atoms with Gasteiger partial charge in [0.25, 0.3) is 0 Å². The van der Waals surface area contributed by atoms with E-state index >= 15 is 0 Å². The molecule has 0 saturated carbocycles. The second-order valence-electron chi connectivity index (χ2n) is 2.16. The lowest BCUT2D eigenvalue weighted by Crippen LogP contribution is -1.96. The second kappa shape index (κ2) is 4.87. The molecule has 0 radical (unpaired) electrons. The number of esters is 2. The molecule has 5 heteroatoms. The highest BCUT2D eigenvalue weighted by atomic mass is 16.6. The molecule has 1 N–H and O–H groups in total. The maximum atomic E-state index is 9.92. The minimum absolute atomic E-state index is 0.176. The first-order valence-electron chi connectivity index (χ1n) is 3.26. The average molecular weight is 184 g/mol. The summed E-state index contributed by atoms with van der Waals surface area (Å²) >= 11 is 0. The van der Waals surface area contributed by atoms with Crippen molar-refractivity contribution in [3.63, 3.8) is 0 Å². The summed E-state index contributed by atoms with van der Waals surface area (Å²) in [7, 11) is 0. The Balaban J connectivity index is 0.000000226. The number of carboxylic acid groups (broad SMARTS) is 1. The molecule has 0 aromatic carbocycles. The van der Waals surface area contributed by atoms with Gasteiger partial charge in [0, 0.05) is 17.7 Å². The molecule has 1 aliphatic heterocycles. The first kappa shape index (κ1) is 11.1. The van der Waals surface area contributed by atoms with Crippen molar-refractivity contribution in [3.8, 4) is 0 Å². The monoisotopic (exact) mass is 184 g/mol. The lowest BCUT2D eigenvalue weighted by Gasteiger charge is -1.80. The van der Waals surface area contributed by atoms with Gasteiger partial charge in [-0.1, -0.05) is 6.58 Å². The van der Waals surface area contributed by atoms with E-state index in [1.807, 2.05) is 0 Å². The molecule has 0 aromatic heterocycles. The average Bonchev–Trinajstić information content (AvgIpc) is 2.35. The van der Waals surface area contributed by atoms with Crippen molar-refractivity contribution >= 4 is 17.9 Å². The van der Waals surface area contributed by atoms with Crippen molar-refractivity contribution in [3.05, 3.63) is 24.3 Å². The minimum atomic E-state index is -0.935. The van der Waals surface area contributed by atoms with Crippen molar-refractivity contribution in [1.82, 2.24) is 0 Å². The minimum Gasteiger partial charge on any atom is -0.478 e. The quantitative estimate of drug-likeness (QED) is 0.359. The predicted octanol–water partition coefficient (Wildman–Crippen LogP) is 0.273. The molecule has 0 aromatic rings. The van der Waals surface area contributed by atoms with Crippen molar-refractivity contribution in [2.45, 2.75) is 6.92 Å². The van der Waals surface area contributed by atoms with Crippen molar-refractivity contribution < 1.29 is 24.2 Å². The molecule has 1 rings (SSSR count). The summed E-state index contributed by atoms with van der Waals surface area (Å²) in [6.45, 7) is 4.60. The maximum absolute atomic E-state index is 9.92. The Hall–Kier alpha value is -1.91. The van der Waals surface area contributed by atoms with Crippen LogP contribution in [0.5, 0.6) is 0 Å². The third-order valence-electron chi connectivity index (χ3n) is 0.922. The van der Waals surface area contributed by atoms with Crippen molar-refractivity contribution in [1.29, 1.82) is 0 Å². The van der Waals surface area contributed by atoms with Crippen LogP contribution >= 0.6 is 0 Å². The van der Waals surface area contributed by atoms with Gasteiger partial charge in [-0.2, -0.15) is 0 Å². The Bertz CT molecular complexity index is 259. The van der Waals surface area contributed by atoms with Gasteiger partial charge in [0.2, 0.25) is 0 Å². The molecular formula is C8H8O5. The molecule has 13 heavy (non-hydrogen) atoms. The van der Waals surface area contributed by atoms with Gasteiger partial charge in [0.1, 0.15) is 0 Å². The lowest BCUT2D eigenvalue weighted by atomic mass is 10.4. The number of hydrogen-bond acceptors (Lipinski definition) is 4. The van der Waals surface area contributed by atoms with Gasteiger partial charge in [-0.05, 0) is 6.92 Å². The standard InChI is InChI=1S/C4H2O3.C4H6O2/c5-3-1-2-4(6)7-3;1-3(2)4(5)6/h1-2H;1H2,2H3,(H,5,6). The fourth-order valence-electron chi connectivity index (χ4n) is 0.303. The van der Waals surface area contributed by atoms with Crippen LogP contribution in [0, 0.1) is 0 Å². The molecule has 0 spiro atoms. The lowest BCUT2D eigenvalue weighted by molar-refractivity contribution is -0.150. The van der Waals surface area contributed by atoms with Crippen LogP contribution in [-0.4, -0.2) is 23.0 Å². The molecule has 5 nitrogen and oxygen atoms in total. The van der Waals surface area contributed by atoms with Crippen LogP contribution in [0.4, 0.5) is 0 Å². The second-order valence-corrected chi connectivity index (χ2v) is 2.16. The highest BCUT2D eigenvalue weighted by Gasteiger charge is 2.10. The molecule has 0 bridgehead atoms. The number of carbonyl (C=O) groups excluding carboxylic acids is 2. The van der Waals surface area contributed by atoms with Gasteiger partial charge in [0.15, 0.2) is 0 Å². The first-order chi connectivity index (χ1) is 5.93. The van der Waals surface area contributed by atoms with E-state index in [0.29, 0.717) is 0 Å². The topological polar surface area (TPSA) is 80.7 Å². The van der Waals surface area contributed by atoms with E-state index < -0.39 is 17.9 Å². The first-order valence-corrected chi connectivity index (χ1v) is 3.26. The number of ether oxygens (including phenoxy) is 1. The molecule has 0 aliphatic carbocycles. The highest BCUT2D eigenvalue weighted by Crippen LogP contribution is 1.92. The van der Waals surface area contributed by atoms with Crippen molar-refractivity contribution in [2.75, 3.05) is 0 Å². The predicted molar refractivity (Wildman–Crippen MR) is 42.7 cm³/mol. The molecule has 0 fully saturated rings. The zero-order valence-electron chi connectivity index (χ0n) is 6.94. The van der Waals surface area contributed by atoms with Gasteiger partial charge >= 0.3 is 17.9 Å². The van der Waals surface area contributed by atoms with Gasteiger partial charge < -0.3 is 9.84 Å². The van der Waals surface area contributed by atoms with Gasteiger partial charge in [0.05, 0.1) is 0 Å². The van der Waals surface area contributed by atoms with Gasteiger partial charge in [-0.25, -0.2) is 14.4 Å². The summed E-state index contributed by atoms with van der Waals surface area (Å²) in [4.78, 5) is 29.4. The summed E-state index contributed by atoms with van der Waals surface area (Å²) in [5, 5.41) is 7.89. The summed E-state index contributed by atoms with van der Waals surface area (Å²) in [5.74, 6) is -2.09. The zero-order chi connectivity index (χ0) is 10.4.